The Kier molecular flexibility index (Phi) is 4.37. The molecule has 1 heterocycles. The third-order valence-electron chi connectivity index (χ3n) is 4.16. The van der Waals surface area contributed by atoms with Gasteiger partial charge in [-0.3, -0.25) is 4.79 Å². The Morgan fingerprint density at radius 2 is 1.78 bits per heavy atom. The first-order valence-electron chi connectivity index (χ1n) is 7.69. The molecular formula is C19H20O2SSi. The van der Waals surface area contributed by atoms with Gasteiger partial charge in [-0.1, -0.05) is 55.6 Å². The van der Waals surface area contributed by atoms with E-state index in [4.69, 9.17) is 4.74 Å². The van der Waals surface area contributed by atoms with Crippen molar-refractivity contribution in [2.24, 2.45) is 0 Å². The van der Waals surface area contributed by atoms with Gasteiger partial charge in [0.2, 0.25) is 0 Å². The third-order valence-corrected chi connectivity index (χ3v) is 10.1. The molecule has 0 amide bonds. The monoisotopic (exact) mass is 340 g/mol. The maximum Gasteiger partial charge on any atom is 0.302 e. The van der Waals surface area contributed by atoms with Crippen molar-refractivity contribution in [3.05, 3.63) is 60.2 Å². The third kappa shape index (κ3) is 3.23. The summed E-state index contributed by atoms with van der Waals surface area (Å²) in [5, 5.41) is 2.65. The number of carbonyl (C=O) groups excluding carboxylic acids is 1. The number of rotatable bonds is 4. The molecule has 0 aliphatic rings. The Morgan fingerprint density at radius 3 is 2.52 bits per heavy atom. The lowest BCUT2D eigenvalue weighted by atomic mass is 10.2. The first-order chi connectivity index (χ1) is 11.0. The molecule has 0 fully saturated rings. The lowest BCUT2D eigenvalue weighted by Crippen LogP contribution is -2.53. The van der Waals surface area contributed by atoms with Gasteiger partial charge in [-0.2, -0.15) is 0 Å². The number of carbonyl (C=O) groups is 1. The molecule has 0 atom stereocenters. The highest BCUT2D eigenvalue weighted by atomic mass is 32.1. The summed E-state index contributed by atoms with van der Waals surface area (Å²) >= 11 is 1.89. The van der Waals surface area contributed by atoms with E-state index in [0.29, 0.717) is 6.61 Å². The number of thiophene rings is 1. The standard InChI is InChI=1S/C19H20O2SSi/c1-14(20)21-13-16-9-5-7-11-18(16)23(2,3)19-12-15-8-4-6-10-17(15)22-19/h4-12H,13H2,1-3H3. The number of hydrogen-bond donors (Lipinski definition) is 0. The van der Waals surface area contributed by atoms with Crippen molar-refractivity contribution < 1.29 is 9.53 Å². The molecule has 0 N–H and O–H groups in total. The van der Waals surface area contributed by atoms with Crippen LogP contribution in [0.2, 0.25) is 13.1 Å². The second-order valence-corrected chi connectivity index (χ2v) is 12.0. The normalized spacial score (nSPS) is 11.6. The Morgan fingerprint density at radius 1 is 1.09 bits per heavy atom. The van der Waals surface area contributed by atoms with Crippen molar-refractivity contribution >= 4 is 45.2 Å². The van der Waals surface area contributed by atoms with Crippen LogP contribution < -0.4 is 9.69 Å². The van der Waals surface area contributed by atoms with Crippen LogP contribution in [-0.4, -0.2) is 14.0 Å². The van der Waals surface area contributed by atoms with Crippen molar-refractivity contribution in [1.82, 2.24) is 0 Å². The van der Waals surface area contributed by atoms with Crippen LogP contribution in [0.25, 0.3) is 10.1 Å². The fraction of sp³-hybridized carbons (Fsp3) is 0.211. The highest BCUT2D eigenvalue weighted by Crippen LogP contribution is 2.22. The van der Waals surface area contributed by atoms with E-state index in [2.05, 4.69) is 61.6 Å². The number of esters is 1. The van der Waals surface area contributed by atoms with E-state index in [9.17, 15) is 4.79 Å². The van der Waals surface area contributed by atoms with Crippen LogP contribution in [0, 0.1) is 0 Å². The molecule has 0 saturated heterocycles. The van der Waals surface area contributed by atoms with E-state index in [0.717, 1.165) is 5.56 Å². The van der Waals surface area contributed by atoms with Crippen LogP contribution in [-0.2, 0) is 16.1 Å². The molecule has 0 bridgehead atoms. The van der Waals surface area contributed by atoms with Crippen LogP contribution in [0.4, 0.5) is 0 Å². The number of hydrogen-bond acceptors (Lipinski definition) is 3. The summed E-state index contributed by atoms with van der Waals surface area (Å²) in [7, 11) is -1.83. The maximum atomic E-state index is 11.2. The van der Waals surface area contributed by atoms with E-state index in [1.54, 1.807) is 0 Å². The molecule has 3 rings (SSSR count). The number of fused-ring (bicyclic) bond motifs is 1. The summed E-state index contributed by atoms with van der Waals surface area (Å²) in [5.41, 5.74) is 1.12. The summed E-state index contributed by atoms with van der Waals surface area (Å²) in [6, 6.07) is 19.2. The molecule has 2 nitrogen and oxygen atoms in total. The molecule has 0 radical (unpaired) electrons. The van der Waals surface area contributed by atoms with Gasteiger partial charge in [0.1, 0.15) is 14.7 Å². The molecule has 1 aromatic heterocycles. The topological polar surface area (TPSA) is 26.3 Å². The van der Waals surface area contributed by atoms with Gasteiger partial charge in [0.25, 0.3) is 0 Å². The van der Waals surface area contributed by atoms with Gasteiger partial charge in [-0.15, -0.1) is 11.3 Å². The largest absolute Gasteiger partial charge is 0.461 e. The lowest BCUT2D eigenvalue weighted by molar-refractivity contribution is -0.142. The summed E-state index contributed by atoms with van der Waals surface area (Å²) in [4.78, 5) is 11.2. The molecule has 23 heavy (non-hydrogen) atoms. The van der Waals surface area contributed by atoms with Gasteiger partial charge in [-0.05, 0) is 32.8 Å². The van der Waals surface area contributed by atoms with Crippen LogP contribution in [0.5, 0.6) is 0 Å². The molecule has 0 saturated carbocycles. The van der Waals surface area contributed by atoms with Gasteiger partial charge in [0, 0.05) is 11.6 Å². The van der Waals surface area contributed by atoms with E-state index >= 15 is 0 Å². The second kappa shape index (κ2) is 6.30. The zero-order valence-electron chi connectivity index (χ0n) is 13.6. The van der Waals surface area contributed by atoms with Crippen LogP contribution in [0.1, 0.15) is 12.5 Å². The Balaban J connectivity index is 2.03. The smallest absolute Gasteiger partial charge is 0.302 e. The molecule has 3 aromatic rings. The maximum absolute atomic E-state index is 11.2. The predicted octanol–water partition coefficient (Wildman–Crippen LogP) is 3.79. The van der Waals surface area contributed by atoms with Gasteiger partial charge in [-0.25, -0.2) is 0 Å². The minimum atomic E-state index is -1.83. The quantitative estimate of drug-likeness (QED) is 0.533. The van der Waals surface area contributed by atoms with Crippen molar-refractivity contribution in [2.45, 2.75) is 26.6 Å². The molecule has 4 heteroatoms. The van der Waals surface area contributed by atoms with Crippen molar-refractivity contribution in [3.63, 3.8) is 0 Å². The molecule has 0 spiro atoms. The van der Waals surface area contributed by atoms with Crippen LogP contribution in [0.3, 0.4) is 0 Å². The minimum absolute atomic E-state index is 0.235. The van der Waals surface area contributed by atoms with Gasteiger partial charge in [0.05, 0.1) is 0 Å². The molecule has 0 unspecified atom stereocenters. The van der Waals surface area contributed by atoms with E-state index in [-0.39, 0.29) is 5.97 Å². The zero-order chi connectivity index (χ0) is 16.4. The van der Waals surface area contributed by atoms with Crippen LogP contribution in [0.15, 0.2) is 54.6 Å². The van der Waals surface area contributed by atoms with E-state index < -0.39 is 8.07 Å². The van der Waals surface area contributed by atoms with Crippen molar-refractivity contribution in [1.29, 1.82) is 0 Å². The first-order valence-corrected chi connectivity index (χ1v) is 11.5. The van der Waals surface area contributed by atoms with Gasteiger partial charge < -0.3 is 4.74 Å². The SMILES string of the molecule is CC(=O)OCc1ccccc1[Si](C)(C)c1cc2ccccc2s1. The van der Waals surface area contributed by atoms with Gasteiger partial charge >= 0.3 is 5.97 Å². The molecule has 2 aromatic carbocycles. The highest BCUT2D eigenvalue weighted by molar-refractivity contribution is 7.33. The molecular weight excluding hydrogens is 320 g/mol. The summed E-state index contributed by atoms with van der Waals surface area (Å²) < 4.78 is 8.03. The predicted molar refractivity (Wildman–Crippen MR) is 100 cm³/mol. The molecule has 0 aliphatic heterocycles. The van der Waals surface area contributed by atoms with E-state index in [1.165, 1.54) is 26.7 Å². The second-order valence-electron chi connectivity index (χ2n) is 6.21. The Hall–Kier alpha value is -1.91. The molecule has 0 aliphatic carbocycles. The van der Waals surface area contributed by atoms with Crippen LogP contribution >= 0.6 is 11.3 Å². The summed E-state index contributed by atoms with van der Waals surface area (Å²) in [5.74, 6) is -0.235. The highest BCUT2D eigenvalue weighted by Gasteiger charge is 2.30. The average molecular weight is 341 g/mol. The Labute approximate surface area is 141 Å². The van der Waals surface area contributed by atoms with Gasteiger partial charge in [0.15, 0.2) is 0 Å². The summed E-state index contributed by atoms with van der Waals surface area (Å²) in [6.45, 7) is 6.54. The fourth-order valence-corrected chi connectivity index (χ4v) is 7.61. The van der Waals surface area contributed by atoms with Crippen molar-refractivity contribution in [3.8, 4) is 0 Å². The average Bonchev–Trinajstić information content (AvgIpc) is 2.98. The lowest BCUT2D eigenvalue weighted by Gasteiger charge is -2.24. The molecule has 118 valence electrons. The number of benzene rings is 2. The first kappa shape index (κ1) is 16.0. The van der Waals surface area contributed by atoms with Crippen molar-refractivity contribution in [2.75, 3.05) is 0 Å². The Bertz CT molecular complexity index is 818. The zero-order valence-corrected chi connectivity index (χ0v) is 15.4. The van der Waals surface area contributed by atoms with E-state index in [1.807, 2.05) is 17.4 Å². The number of ether oxygens (including phenoxy) is 1. The fourth-order valence-electron chi connectivity index (χ4n) is 2.86. The summed E-state index contributed by atoms with van der Waals surface area (Å²) in [6.07, 6.45) is 0. The minimum Gasteiger partial charge on any atom is -0.461 e.